The summed E-state index contributed by atoms with van der Waals surface area (Å²) in [6.45, 7) is 4.20. The molecule has 146 valence electrons. The van der Waals surface area contributed by atoms with Crippen molar-refractivity contribution in [3.63, 3.8) is 0 Å². The zero-order valence-corrected chi connectivity index (χ0v) is 17.0. The van der Waals surface area contributed by atoms with Crippen LogP contribution < -0.4 is 9.54 Å². The number of nitrogens with zero attached hydrogens (tertiary/aromatic N) is 2. The molecule has 1 aromatic heterocycles. The van der Waals surface area contributed by atoms with E-state index in [0.29, 0.717) is 39.7 Å². The van der Waals surface area contributed by atoms with Gasteiger partial charge in [0.15, 0.2) is 4.80 Å². The van der Waals surface area contributed by atoms with Crippen LogP contribution in [0.4, 0.5) is 0 Å². The molecule has 3 aromatic rings. The number of aromatic nitrogens is 1. The average molecular weight is 419 g/mol. The second-order valence-electron chi connectivity index (χ2n) is 6.00. The van der Waals surface area contributed by atoms with E-state index in [-0.39, 0.29) is 0 Å². The summed E-state index contributed by atoms with van der Waals surface area (Å²) >= 11 is 7.13. The Morgan fingerprint density at radius 2 is 1.93 bits per heavy atom. The number of carboxylic acid groups (broad SMARTS) is 1. The number of hydrogen-bond donors (Lipinski definition) is 1. The Labute approximate surface area is 170 Å². The smallest absolute Gasteiger partial charge is 0.326 e. The Hall–Kier alpha value is -2.64. The minimum absolute atomic E-state index is 0.331. The van der Waals surface area contributed by atoms with Gasteiger partial charge in [-0.05, 0) is 55.8 Å². The highest BCUT2D eigenvalue weighted by atomic mass is 35.5. The molecular formula is C20H19ClN2O4S. The summed E-state index contributed by atoms with van der Waals surface area (Å²) in [6.07, 6.45) is 0.358. The minimum atomic E-state index is -0.975. The van der Waals surface area contributed by atoms with Crippen molar-refractivity contribution in [2.24, 2.45) is 4.99 Å². The van der Waals surface area contributed by atoms with E-state index in [2.05, 4.69) is 4.99 Å². The van der Waals surface area contributed by atoms with E-state index in [1.54, 1.807) is 47.9 Å². The number of rotatable bonds is 6. The second-order valence-corrected chi connectivity index (χ2v) is 7.45. The van der Waals surface area contributed by atoms with Crippen molar-refractivity contribution < 1.29 is 19.4 Å². The normalized spacial score (nSPS) is 12.9. The van der Waals surface area contributed by atoms with Crippen molar-refractivity contribution in [2.45, 2.75) is 26.3 Å². The van der Waals surface area contributed by atoms with Crippen LogP contribution in [0.5, 0.6) is 5.75 Å². The van der Waals surface area contributed by atoms with Gasteiger partial charge in [0.2, 0.25) is 0 Å². The van der Waals surface area contributed by atoms with E-state index in [1.807, 2.05) is 13.0 Å². The van der Waals surface area contributed by atoms with Crippen LogP contribution in [0.15, 0.2) is 47.5 Å². The zero-order valence-electron chi connectivity index (χ0n) is 15.4. The summed E-state index contributed by atoms with van der Waals surface area (Å²) < 4.78 is 7.93. The van der Waals surface area contributed by atoms with Gasteiger partial charge in [-0.2, -0.15) is 4.99 Å². The topological polar surface area (TPSA) is 80.9 Å². The number of carbonyl (C=O) groups excluding carboxylic acids is 1. The summed E-state index contributed by atoms with van der Waals surface area (Å²) in [5.74, 6) is -0.749. The summed E-state index contributed by atoms with van der Waals surface area (Å²) in [5.41, 5.74) is 1.08. The van der Waals surface area contributed by atoms with Crippen molar-refractivity contribution in [1.29, 1.82) is 0 Å². The molecule has 0 aliphatic rings. The van der Waals surface area contributed by atoms with Gasteiger partial charge in [0, 0.05) is 10.6 Å². The van der Waals surface area contributed by atoms with Crippen LogP contribution >= 0.6 is 22.9 Å². The van der Waals surface area contributed by atoms with E-state index >= 15 is 0 Å². The molecule has 28 heavy (non-hydrogen) atoms. The summed E-state index contributed by atoms with van der Waals surface area (Å²) in [7, 11) is 0. The number of benzene rings is 2. The van der Waals surface area contributed by atoms with Crippen LogP contribution in [0, 0.1) is 0 Å². The van der Waals surface area contributed by atoms with Gasteiger partial charge in [-0.3, -0.25) is 4.79 Å². The van der Waals surface area contributed by atoms with Crippen molar-refractivity contribution in [3.05, 3.63) is 57.9 Å². The highest BCUT2D eigenvalue weighted by molar-refractivity contribution is 7.16. The largest absolute Gasteiger partial charge is 0.494 e. The summed E-state index contributed by atoms with van der Waals surface area (Å²) in [5, 5.41) is 10.2. The van der Waals surface area contributed by atoms with E-state index in [4.69, 9.17) is 16.3 Å². The molecule has 0 aliphatic carbocycles. The monoisotopic (exact) mass is 418 g/mol. The molecule has 1 heterocycles. The Bertz CT molecular complexity index is 1090. The average Bonchev–Trinajstić information content (AvgIpc) is 3.00. The predicted octanol–water partition coefficient (Wildman–Crippen LogP) is 4.53. The molecule has 1 amide bonds. The lowest BCUT2D eigenvalue weighted by Crippen LogP contribution is -2.27. The molecular weight excluding hydrogens is 400 g/mol. The molecule has 1 N–H and O–H groups in total. The lowest BCUT2D eigenvalue weighted by molar-refractivity contribution is -0.140. The first-order valence-corrected chi connectivity index (χ1v) is 9.99. The van der Waals surface area contributed by atoms with Crippen LogP contribution in [0.1, 0.15) is 36.7 Å². The molecule has 0 saturated carbocycles. The van der Waals surface area contributed by atoms with Crippen LogP contribution in [-0.2, 0) is 4.79 Å². The highest BCUT2D eigenvalue weighted by Gasteiger charge is 2.22. The van der Waals surface area contributed by atoms with Crippen LogP contribution in [-0.4, -0.2) is 28.2 Å². The molecule has 8 heteroatoms. The Kier molecular flexibility index (Phi) is 6.16. The first kappa shape index (κ1) is 20.1. The minimum Gasteiger partial charge on any atom is -0.494 e. The SMILES string of the molecule is CCOc1ccc2c(c1)sc(=NC(=O)c1ccc(Cl)cc1)n2C(CC)C(=O)O. The zero-order chi connectivity index (χ0) is 20.3. The molecule has 0 aliphatic heterocycles. The number of carbonyl (C=O) groups is 2. The second kappa shape index (κ2) is 8.58. The lowest BCUT2D eigenvalue weighted by Gasteiger charge is -2.13. The van der Waals surface area contributed by atoms with Gasteiger partial charge in [0.05, 0.1) is 16.8 Å². The van der Waals surface area contributed by atoms with Gasteiger partial charge in [-0.15, -0.1) is 0 Å². The number of amides is 1. The molecule has 0 saturated heterocycles. The Balaban J connectivity index is 2.19. The fourth-order valence-corrected chi connectivity index (χ4v) is 4.09. The number of hydrogen-bond acceptors (Lipinski definition) is 4. The number of carboxylic acids is 1. The van der Waals surface area contributed by atoms with Gasteiger partial charge in [-0.25, -0.2) is 4.79 Å². The first-order chi connectivity index (χ1) is 13.4. The van der Waals surface area contributed by atoms with Crippen molar-refractivity contribution in [3.8, 4) is 5.75 Å². The third-order valence-corrected chi connectivity index (χ3v) is 5.45. The Morgan fingerprint density at radius 1 is 1.21 bits per heavy atom. The fourth-order valence-electron chi connectivity index (χ4n) is 2.87. The van der Waals surface area contributed by atoms with Crippen LogP contribution in [0.3, 0.4) is 0 Å². The number of aliphatic carboxylic acids is 1. The quantitative estimate of drug-likeness (QED) is 0.637. The maximum absolute atomic E-state index is 12.6. The van der Waals surface area contributed by atoms with Gasteiger partial charge < -0.3 is 14.4 Å². The maximum atomic E-state index is 12.6. The van der Waals surface area contributed by atoms with Crippen molar-refractivity contribution >= 4 is 45.0 Å². The third-order valence-electron chi connectivity index (χ3n) is 4.18. The number of halogens is 1. The standard InChI is InChI=1S/C20H19ClN2O4S/c1-3-15(19(25)26)23-16-10-9-14(27-4-2)11-17(16)28-20(23)22-18(24)12-5-7-13(21)8-6-12/h5-11,15H,3-4H2,1-2H3,(H,25,26). The van der Waals surface area contributed by atoms with E-state index in [1.165, 1.54) is 11.3 Å². The molecule has 1 unspecified atom stereocenters. The molecule has 6 nitrogen and oxygen atoms in total. The van der Waals surface area contributed by atoms with Gasteiger partial charge in [0.1, 0.15) is 11.8 Å². The summed E-state index contributed by atoms with van der Waals surface area (Å²) in [6, 6.07) is 11.0. The summed E-state index contributed by atoms with van der Waals surface area (Å²) in [4.78, 5) is 29.0. The van der Waals surface area contributed by atoms with Gasteiger partial charge in [0.25, 0.3) is 5.91 Å². The first-order valence-electron chi connectivity index (χ1n) is 8.80. The van der Waals surface area contributed by atoms with Gasteiger partial charge in [-0.1, -0.05) is 29.9 Å². The maximum Gasteiger partial charge on any atom is 0.326 e. The lowest BCUT2D eigenvalue weighted by atomic mass is 10.2. The number of thiazole rings is 1. The Morgan fingerprint density at radius 3 is 2.54 bits per heavy atom. The van der Waals surface area contributed by atoms with Crippen LogP contribution in [0.2, 0.25) is 5.02 Å². The molecule has 3 rings (SSSR count). The predicted molar refractivity (Wildman–Crippen MR) is 109 cm³/mol. The van der Waals surface area contributed by atoms with Crippen LogP contribution in [0.25, 0.3) is 10.2 Å². The van der Waals surface area contributed by atoms with Gasteiger partial charge >= 0.3 is 5.97 Å². The molecule has 0 spiro atoms. The molecule has 0 bridgehead atoms. The van der Waals surface area contributed by atoms with Crippen molar-refractivity contribution in [2.75, 3.05) is 6.61 Å². The van der Waals surface area contributed by atoms with E-state index < -0.39 is 17.9 Å². The van der Waals surface area contributed by atoms with E-state index in [0.717, 1.165) is 4.70 Å². The molecule has 0 fully saturated rings. The van der Waals surface area contributed by atoms with E-state index in [9.17, 15) is 14.7 Å². The third kappa shape index (κ3) is 4.10. The fraction of sp³-hybridized carbons (Fsp3) is 0.250. The number of ether oxygens (including phenoxy) is 1. The molecule has 1 atom stereocenters. The molecule has 2 aromatic carbocycles. The highest BCUT2D eigenvalue weighted by Crippen LogP contribution is 2.27. The molecule has 0 radical (unpaired) electrons. The number of fused-ring (bicyclic) bond motifs is 1. The van der Waals surface area contributed by atoms with Crippen molar-refractivity contribution in [1.82, 2.24) is 4.57 Å².